The molecular weight excluding hydrogens is 292 g/mol. The molecule has 2 heterocycles. The number of carbonyl (C=O) groups is 2. The molecule has 2 amide bonds. The lowest BCUT2D eigenvalue weighted by Crippen LogP contribution is -2.52. The quantitative estimate of drug-likeness (QED) is 0.738. The van der Waals surface area contributed by atoms with E-state index in [9.17, 15) is 9.59 Å². The lowest BCUT2D eigenvalue weighted by molar-refractivity contribution is -0.139. The van der Waals surface area contributed by atoms with Gasteiger partial charge in [-0.15, -0.1) is 0 Å². The summed E-state index contributed by atoms with van der Waals surface area (Å²) >= 11 is 0. The Balaban J connectivity index is 1.68. The van der Waals surface area contributed by atoms with Crippen LogP contribution >= 0.6 is 0 Å². The molecule has 2 rings (SSSR count). The second-order valence-electron chi connectivity index (χ2n) is 6.89. The number of rotatable bonds is 5. The Labute approximate surface area is 140 Å². The van der Waals surface area contributed by atoms with Crippen LogP contribution in [0.15, 0.2) is 0 Å². The highest BCUT2D eigenvalue weighted by atomic mass is 16.2. The molecule has 1 unspecified atom stereocenters. The molecule has 6 nitrogen and oxygen atoms in total. The van der Waals surface area contributed by atoms with Crippen LogP contribution in [0.4, 0.5) is 0 Å². The number of hydrogen-bond acceptors (Lipinski definition) is 4. The van der Waals surface area contributed by atoms with Crippen LogP contribution in [0.5, 0.6) is 0 Å². The van der Waals surface area contributed by atoms with E-state index in [1.165, 1.54) is 0 Å². The summed E-state index contributed by atoms with van der Waals surface area (Å²) in [4.78, 5) is 32.8. The highest BCUT2D eigenvalue weighted by Crippen LogP contribution is 2.10. The van der Waals surface area contributed by atoms with Gasteiger partial charge in [0.15, 0.2) is 0 Å². The van der Waals surface area contributed by atoms with Gasteiger partial charge in [-0.25, -0.2) is 0 Å². The lowest BCUT2D eigenvalue weighted by Gasteiger charge is -2.38. The minimum atomic E-state index is 0.228. The highest BCUT2D eigenvalue weighted by Gasteiger charge is 2.25. The summed E-state index contributed by atoms with van der Waals surface area (Å²) in [5.74, 6) is 0.463. The molecule has 0 saturated carbocycles. The third-order valence-electron chi connectivity index (χ3n) is 5.13. The first-order valence-corrected chi connectivity index (χ1v) is 8.99. The summed E-state index contributed by atoms with van der Waals surface area (Å²) in [5.41, 5.74) is 0. The van der Waals surface area contributed by atoms with Crippen molar-refractivity contribution in [2.45, 2.75) is 39.2 Å². The van der Waals surface area contributed by atoms with Gasteiger partial charge in [0.25, 0.3) is 0 Å². The van der Waals surface area contributed by atoms with Crippen molar-refractivity contribution in [1.29, 1.82) is 0 Å². The first-order valence-electron chi connectivity index (χ1n) is 8.99. The van der Waals surface area contributed by atoms with Gasteiger partial charge in [-0.1, -0.05) is 6.92 Å². The predicted octanol–water partition coefficient (Wildman–Crippen LogP) is 0.483. The van der Waals surface area contributed by atoms with Crippen LogP contribution in [0.2, 0.25) is 0 Å². The molecule has 0 aromatic rings. The SMILES string of the molecule is CCCC(=O)N1CCN(C(=O)CCN2CCN(C)C(C)C2)CC1. The Morgan fingerprint density at radius 2 is 1.48 bits per heavy atom. The van der Waals surface area contributed by atoms with E-state index in [0.29, 0.717) is 45.1 Å². The zero-order valence-corrected chi connectivity index (χ0v) is 15.0. The maximum absolute atomic E-state index is 12.4. The lowest BCUT2D eigenvalue weighted by atomic mass is 10.2. The number of carbonyl (C=O) groups excluding carboxylic acids is 2. The van der Waals surface area contributed by atoms with Gasteiger partial charge in [-0.2, -0.15) is 0 Å². The molecule has 23 heavy (non-hydrogen) atoms. The number of hydrogen-bond donors (Lipinski definition) is 0. The van der Waals surface area contributed by atoms with E-state index in [1.807, 2.05) is 16.7 Å². The topological polar surface area (TPSA) is 47.1 Å². The molecule has 1 atom stereocenters. The van der Waals surface area contributed by atoms with Gasteiger partial charge in [0.1, 0.15) is 0 Å². The Hall–Kier alpha value is -1.14. The third kappa shape index (κ3) is 5.18. The molecule has 132 valence electrons. The van der Waals surface area contributed by atoms with E-state index in [0.717, 1.165) is 32.6 Å². The first kappa shape index (κ1) is 18.2. The molecular formula is C17H32N4O2. The molecule has 6 heteroatoms. The van der Waals surface area contributed by atoms with E-state index in [-0.39, 0.29) is 11.8 Å². The first-order chi connectivity index (χ1) is 11.0. The van der Waals surface area contributed by atoms with Crippen LogP contribution in [0.3, 0.4) is 0 Å². The molecule has 2 aliphatic rings. The van der Waals surface area contributed by atoms with E-state index >= 15 is 0 Å². The number of likely N-dealkylation sites (N-methyl/N-ethyl adjacent to an activating group) is 1. The summed E-state index contributed by atoms with van der Waals surface area (Å²) in [6, 6.07) is 0.562. The van der Waals surface area contributed by atoms with Gasteiger partial charge in [0, 0.05) is 71.2 Å². The fourth-order valence-electron chi connectivity index (χ4n) is 3.32. The van der Waals surface area contributed by atoms with Crippen molar-refractivity contribution in [3.8, 4) is 0 Å². The number of amides is 2. The van der Waals surface area contributed by atoms with E-state index in [4.69, 9.17) is 0 Å². The van der Waals surface area contributed by atoms with Crippen LogP contribution in [-0.2, 0) is 9.59 Å². The van der Waals surface area contributed by atoms with Crippen LogP contribution in [-0.4, -0.2) is 96.9 Å². The largest absolute Gasteiger partial charge is 0.339 e. The van der Waals surface area contributed by atoms with Crippen molar-refractivity contribution in [3.63, 3.8) is 0 Å². The standard InChI is InChI=1S/C17H32N4O2/c1-4-5-16(22)20-10-12-21(13-11-20)17(23)6-7-19-9-8-18(3)15(2)14-19/h15H,4-14H2,1-3H3. The Bertz CT molecular complexity index is 407. The van der Waals surface area contributed by atoms with Gasteiger partial charge >= 0.3 is 0 Å². The minimum absolute atomic E-state index is 0.228. The van der Waals surface area contributed by atoms with Gasteiger partial charge in [0.05, 0.1) is 0 Å². The zero-order valence-electron chi connectivity index (χ0n) is 15.0. The Morgan fingerprint density at radius 1 is 0.913 bits per heavy atom. The van der Waals surface area contributed by atoms with Crippen molar-refractivity contribution >= 4 is 11.8 Å². The molecule has 0 N–H and O–H groups in total. The van der Waals surface area contributed by atoms with E-state index in [1.54, 1.807) is 0 Å². The highest BCUT2D eigenvalue weighted by molar-refractivity contribution is 5.78. The molecule has 2 saturated heterocycles. The van der Waals surface area contributed by atoms with Crippen molar-refractivity contribution in [3.05, 3.63) is 0 Å². The molecule has 0 spiro atoms. The van der Waals surface area contributed by atoms with Crippen LogP contribution < -0.4 is 0 Å². The second kappa shape index (κ2) is 8.64. The molecule has 0 aromatic heterocycles. The molecule has 2 fully saturated rings. The van der Waals surface area contributed by atoms with Gasteiger partial charge < -0.3 is 19.6 Å². The van der Waals surface area contributed by atoms with Crippen molar-refractivity contribution in [2.24, 2.45) is 0 Å². The van der Waals surface area contributed by atoms with Gasteiger partial charge in [0.2, 0.25) is 11.8 Å². The average Bonchev–Trinajstić information content (AvgIpc) is 2.56. The fraction of sp³-hybridized carbons (Fsp3) is 0.882. The molecule has 0 aliphatic carbocycles. The van der Waals surface area contributed by atoms with Crippen molar-refractivity contribution in [1.82, 2.24) is 19.6 Å². The third-order valence-corrected chi connectivity index (χ3v) is 5.13. The van der Waals surface area contributed by atoms with Crippen molar-refractivity contribution < 1.29 is 9.59 Å². The van der Waals surface area contributed by atoms with E-state index in [2.05, 4.69) is 23.8 Å². The average molecular weight is 324 g/mol. The number of piperazine rings is 2. The summed E-state index contributed by atoms with van der Waals surface area (Å²) in [7, 11) is 2.16. The maximum atomic E-state index is 12.4. The number of nitrogens with zero attached hydrogens (tertiary/aromatic N) is 4. The van der Waals surface area contributed by atoms with Gasteiger partial charge in [-0.3, -0.25) is 9.59 Å². The maximum Gasteiger partial charge on any atom is 0.223 e. The Kier molecular flexibility index (Phi) is 6.84. The summed E-state index contributed by atoms with van der Waals surface area (Å²) in [6.45, 7) is 11.0. The van der Waals surface area contributed by atoms with Crippen LogP contribution in [0.1, 0.15) is 33.1 Å². The normalized spacial score (nSPS) is 24.0. The smallest absolute Gasteiger partial charge is 0.223 e. The van der Waals surface area contributed by atoms with Crippen LogP contribution in [0, 0.1) is 0 Å². The summed E-state index contributed by atoms with van der Waals surface area (Å²) in [6.07, 6.45) is 2.11. The zero-order chi connectivity index (χ0) is 16.8. The van der Waals surface area contributed by atoms with Crippen molar-refractivity contribution in [2.75, 3.05) is 59.4 Å². The van der Waals surface area contributed by atoms with Crippen LogP contribution in [0.25, 0.3) is 0 Å². The minimum Gasteiger partial charge on any atom is -0.339 e. The molecule has 0 aromatic carbocycles. The Morgan fingerprint density at radius 3 is 2.00 bits per heavy atom. The fourth-order valence-corrected chi connectivity index (χ4v) is 3.32. The summed E-state index contributed by atoms with van der Waals surface area (Å²) < 4.78 is 0. The molecule has 0 bridgehead atoms. The van der Waals surface area contributed by atoms with E-state index < -0.39 is 0 Å². The second-order valence-corrected chi connectivity index (χ2v) is 6.89. The van der Waals surface area contributed by atoms with Gasteiger partial charge in [-0.05, 0) is 20.4 Å². The monoisotopic (exact) mass is 324 g/mol. The molecule has 0 radical (unpaired) electrons. The predicted molar refractivity (Wildman–Crippen MR) is 91.2 cm³/mol. The summed E-state index contributed by atoms with van der Waals surface area (Å²) in [5, 5.41) is 0. The molecule has 2 aliphatic heterocycles.